The molecule has 1 aromatic carbocycles. The first-order valence-corrected chi connectivity index (χ1v) is 9.07. The lowest BCUT2D eigenvalue weighted by molar-refractivity contribution is -0.123. The Morgan fingerprint density at radius 1 is 1.21 bits per heavy atom. The number of carbonyl (C=O) groups is 1. The summed E-state index contributed by atoms with van der Waals surface area (Å²) in [4.78, 5) is 12.5. The van der Waals surface area contributed by atoms with Gasteiger partial charge < -0.3 is 15.4 Å². The van der Waals surface area contributed by atoms with Crippen molar-refractivity contribution in [3.05, 3.63) is 29.8 Å². The number of hydrogen-bond acceptors (Lipinski definition) is 3. The number of fused-ring (bicyclic) bond motifs is 2. The fourth-order valence-corrected chi connectivity index (χ4v) is 4.50. The Hall–Kier alpha value is -1.26. The molecular formula is C19H27ClN2O2. The number of ether oxygens (including phenoxy) is 1. The van der Waals surface area contributed by atoms with E-state index in [9.17, 15) is 4.79 Å². The van der Waals surface area contributed by atoms with Crippen LogP contribution < -0.4 is 15.4 Å². The van der Waals surface area contributed by atoms with Gasteiger partial charge in [-0.15, -0.1) is 12.4 Å². The summed E-state index contributed by atoms with van der Waals surface area (Å²) in [6.45, 7) is 1.45. The van der Waals surface area contributed by atoms with E-state index in [-0.39, 0.29) is 24.4 Å². The van der Waals surface area contributed by atoms with Crippen molar-refractivity contribution in [3.63, 3.8) is 0 Å². The van der Waals surface area contributed by atoms with Gasteiger partial charge in [0.15, 0.2) is 0 Å². The Morgan fingerprint density at radius 3 is 2.92 bits per heavy atom. The largest absolute Gasteiger partial charge is 0.493 e. The summed E-state index contributed by atoms with van der Waals surface area (Å²) in [7, 11) is 0. The van der Waals surface area contributed by atoms with Gasteiger partial charge in [0.25, 0.3) is 0 Å². The van der Waals surface area contributed by atoms with Crippen LogP contribution in [-0.2, 0) is 4.79 Å². The second-order valence-electron chi connectivity index (χ2n) is 7.22. The van der Waals surface area contributed by atoms with Crippen LogP contribution in [0.15, 0.2) is 24.3 Å². The van der Waals surface area contributed by atoms with Crippen molar-refractivity contribution < 1.29 is 9.53 Å². The Labute approximate surface area is 150 Å². The molecule has 1 amide bonds. The predicted octanol–water partition coefficient (Wildman–Crippen LogP) is 3.01. The van der Waals surface area contributed by atoms with E-state index in [0.717, 1.165) is 25.2 Å². The van der Waals surface area contributed by atoms with Gasteiger partial charge in [-0.3, -0.25) is 4.79 Å². The molecule has 1 aliphatic carbocycles. The molecule has 1 aromatic rings. The van der Waals surface area contributed by atoms with Crippen LogP contribution in [0.2, 0.25) is 0 Å². The Kier molecular flexibility index (Phi) is 5.67. The zero-order valence-electron chi connectivity index (χ0n) is 14.0. The first-order valence-electron chi connectivity index (χ1n) is 9.07. The number of halogens is 1. The van der Waals surface area contributed by atoms with Crippen LogP contribution in [0.25, 0.3) is 0 Å². The van der Waals surface area contributed by atoms with Gasteiger partial charge >= 0.3 is 0 Å². The molecule has 2 N–H and O–H groups in total. The third-order valence-corrected chi connectivity index (χ3v) is 5.78. The average molecular weight is 351 g/mol. The highest BCUT2D eigenvalue weighted by Crippen LogP contribution is 2.34. The van der Waals surface area contributed by atoms with Crippen molar-refractivity contribution in [2.75, 3.05) is 13.2 Å². The summed E-state index contributed by atoms with van der Waals surface area (Å²) in [5.41, 5.74) is 1.23. The topological polar surface area (TPSA) is 50.4 Å². The second kappa shape index (κ2) is 7.75. The maximum absolute atomic E-state index is 12.5. The third-order valence-electron chi connectivity index (χ3n) is 5.78. The summed E-state index contributed by atoms with van der Waals surface area (Å²) in [6, 6.07) is 8.77. The maximum atomic E-state index is 12.5. The maximum Gasteiger partial charge on any atom is 0.237 e. The number of rotatable bonds is 3. The van der Waals surface area contributed by atoms with Crippen LogP contribution in [0.1, 0.15) is 50.0 Å². The summed E-state index contributed by atoms with van der Waals surface area (Å²) in [5, 5.41) is 6.75. The first kappa shape index (κ1) is 17.6. The van der Waals surface area contributed by atoms with E-state index in [1.165, 1.54) is 31.2 Å². The van der Waals surface area contributed by atoms with Gasteiger partial charge in [0.1, 0.15) is 5.75 Å². The Morgan fingerprint density at radius 2 is 2.04 bits per heavy atom. The van der Waals surface area contributed by atoms with Gasteiger partial charge in [-0.1, -0.05) is 31.0 Å². The van der Waals surface area contributed by atoms with Crippen molar-refractivity contribution in [1.29, 1.82) is 0 Å². The molecular weight excluding hydrogens is 324 g/mol. The summed E-state index contributed by atoms with van der Waals surface area (Å²) in [5.74, 6) is 2.24. The summed E-state index contributed by atoms with van der Waals surface area (Å²) >= 11 is 0. The lowest BCUT2D eigenvalue weighted by Gasteiger charge is -2.26. The highest BCUT2D eigenvalue weighted by atomic mass is 35.5. The molecule has 0 radical (unpaired) electrons. The molecule has 3 aliphatic rings. The van der Waals surface area contributed by atoms with Crippen molar-refractivity contribution in [2.24, 2.45) is 5.92 Å². The molecule has 5 heteroatoms. The minimum atomic E-state index is 0. The van der Waals surface area contributed by atoms with E-state index in [4.69, 9.17) is 4.74 Å². The standard InChI is InChI=1S/C19H26N2O2.ClH/c22-19(17-11-13-5-1-3-7-16(13)21-17)20-12-14-9-10-23-18-8-4-2-6-15(14)18;/h2,4,6,8,13-14,16-17,21H,1,3,5,7,9-12H2,(H,20,22);1H. The van der Waals surface area contributed by atoms with Crippen molar-refractivity contribution in [1.82, 2.24) is 10.6 Å². The van der Waals surface area contributed by atoms with Crippen LogP contribution in [-0.4, -0.2) is 31.1 Å². The van der Waals surface area contributed by atoms with E-state index in [1.54, 1.807) is 0 Å². The second-order valence-corrected chi connectivity index (χ2v) is 7.22. The lowest BCUT2D eigenvalue weighted by atomic mass is 9.85. The van der Waals surface area contributed by atoms with Crippen LogP contribution in [0.5, 0.6) is 5.75 Å². The number of hydrogen-bond donors (Lipinski definition) is 2. The zero-order valence-corrected chi connectivity index (χ0v) is 14.8. The average Bonchev–Trinajstić information content (AvgIpc) is 3.04. The van der Waals surface area contributed by atoms with E-state index >= 15 is 0 Å². The zero-order chi connectivity index (χ0) is 15.6. The number of para-hydroxylation sites is 1. The molecule has 24 heavy (non-hydrogen) atoms. The minimum absolute atomic E-state index is 0. The third kappa shape index (κ3) is 3.55. The fraction of sp³-hybridized carbons (Fsp3) is 0.632. The van der Waals surface area contributed by atoms with Gasteiger partial charge in [-0.2, -0.15) is 0 Å². The molecule has 1 saturated carbocycles. The van der Waals surface area contributed by atoms with Crippen molar-refractivity contribution in [2.45, 2.75) is 56.5 Å². The van der Waals surface area contributed by atoms with Crippen molar-refractivity contribution >= 4 is 18.3 Å². The minimum Gasteiger partial charge on any atom is -0.493 e. The van der Waals surface area contributed by atoms with E-state index in [0.29, 0.717) is 24.4 Å². The molecule has 2 aliphatic heterocycles. The highest BCUT2D eigenvalue weighted by Gasteiger charge is 2.38. The van der Waals surface area contributed by atoms with Crippen LogP contribution in [0.3, 0.4) is 0 Å². The predicted molar refractivity (Wildman–Crippen MR) is 96.8 cm³/mol. The van der Waals surface area contributed by atoms with Gasteiger partial charge in [0.2, 0.25) is 5.91 Å². The SMILES string of the molecule is Cl.O=C(NCC1CCOc2ccccc21)C1CC2CCCCC2N1. The molecule has 0 bridgehead atoms. The van der Waals surface area contributed by atoms with Crippen molar-refractivity contribution in [3.8, 4) is 5.75 Å². The Balaban J connectivity index is 0.00000169. The number of carbonyl (C=O) groups excluding carboxylic acids is 1. The molecule has 1 saturated heterocycles. The molecule has 4 atom stereocenters. The summed E-state index contributed by atoms with van der Waals surface area (Å²) < 4.78 is 5.70. The van der Waals surface area contributed by atoms with Gasteiger partial charge in [0.05, 0.1) is 12.6 Å². The number of amides is 1. The van der Waals surface area contributed by atoms with Gasteiger partial charge in [0, 0.05) is 18.5 Å². The molecule has 132 valence electrons. The first-order chi connectivity index (χ1) is 11.3. The molecule has 4 rings (SSSR count). The normalized spacial score (nSPS) is 31.2. The smallest absolute Gasteiger partial charge is 0.237 e. The van der Waals surface area contributed by atoms with E-state index in [2.05, 4.69) is 16.7 Å². The lowest BCUT2D eigenvalue weighted by Crippen LogP contribution is -2.44. The molecule has 2 fully saturated rings. The van der Waals surface area contributed by atoms with Gasteiger partial charge in [-0.05, 0) is 43.2 Å². The molecule has 4 unspecified atom stereocenters. The molecule has 0 spiro atoms. The number of nitrogens with one attached hydrogen (secondary N) is 2. The van der Waals surface area contributed by atoms with Crippen LogP contribution >= 0.6 is 12.4 Å². The molecule has 0 aromatic heterocycles. The van der Waals surface area contributed by atoms with Gasteiger partial charge in [-0.25, -0.2) is 0 Å². The van der Waals surface area contributed by atoms with Crippen LogP contribution in [0.4, 0.5) is 0 Å². The quantitative estimate of drug-likeness (QED) is 0.881. The monoisotopic (exact) mass is 350 g/mol. The summed E-state index contributed by atoms with van der Waals surface area (Å²) in [6.07, 6.45) is 7.15. The molecule has 4 nitrogen and oxygen atoms in total. The van der Waals surface area contributed by atoms with Crippen LogP contribution in [0, 0.1) is 5.92 Å². The number of benzene rings is 1. The Bertz CT molecular complexity index is 566. The highest BCUT2D eigenvalue weighted by molar-refractivity contribution is 5.85. The molecule has 2 heterocycles. The fourth-order valence-electron chi connectivity index (χ4n) is 4.50. The van der Waals surface area contributed by atoms with E-state index < -0.39 is 0 Å². The van der Waals surface area contributed by atoms with E-state index in [1.807, 2.05) is 18.2 Å².